The van der Waals surface area contributed by atoms with Gasteiger partial charge in [0.05, 0.1) is 0 Å². The molecule has 1 aromatic carbocycles. The lowest BCUT2D eigenvalue weighted by atomic mass is 10.3. The number of hydrogen-bond donors (Lipinski definition) is 2. The first-order chi connectivity index (χ1) is 7.84. The van der Waals surface area contributed by atoms with Crippen molar-refractivity contribution in [3.63, 3.8) is 0 Å². The van der Waals surface area contributed by atoms with Gasteiger partial charge in [0, 0.05) is 23.6 Å². The third-order valence-corrected chi connectivity index (χ3v) is 3.21. The summed E-state index contributed by atoms with van der Waals surface area (Å²) in [6.07, 6.45) is 1.22. The fourth-order valence-electron chi connectivity index (χ4n) is 1.79. The minimum Gasteiger partial charge on any atom is -0.492 e. The molecule has 2 N–H and O–H groups in total. The molecule has 0 radical (unpaired) electrons. The number of halogens is 1. The van der Waals surface area contributed by atoms with E-state index in [0.717, 1.165) is 36.5 Å². The minimum atomic E-state index is 0.619. The second kappa shape index (κ2) is 6.23. The lowest BCUT2D eigenvalue weighted by Crippen LogP contribution is -2.34. The summed E-state index contributed by atoms with van der Waals surface area (Å²) < 4.78 is 6.70. The summed E-state index contributed by atoms with van der Waals surface area (Å²) in [5.41, 5.74) is 0. The third kappa shape index (κ3) is 3.77. The average molecular weight is 285 g/mol. The summed E-state index contributed by atoms with van der Waals surface area (Å²) in [4.78, 5) is 0. The van der Waals surface area contributed by atoms with Crippen LogP contribution in [0.3, 0.4) is 0 Å². The summed E-state index contributed by atoms with van der Waals surface area (Å²) >= 11 is 3.40. The number of rotatable bonds is 5. The van der Waals surface area contributed by atoms with Crippen LogP contribution >= 0.6 is 15.9 Å². The van der Waals surface area contributed by atoms with Gasteiger partial charge in [0.15, 0.2) is 0 Å². The van der Waals surface area contributed by atoms with Gasteiger partial charge in [-0.2, -0.15) is 0 Å². The quantitative estimate of drug-likeness (QED) is 0.809. The number of ether oxygens (including phenoxy) is 1. The van der Waals surface area contributed by atoms with Crippen LogP contribution in [0.4, 0.5) is 0 Å². The Hall–Kier alpha value is -0.580. The molecule has 4 heteroatoms. The molecule has 1 heterocycles. The normalized spacial score (nSPS) is 19.9. The third-order valence-electron chi connectivity index (χ3n) is 2.68. The van der Waals surface area contributed by atoms with Gasteiger partial charge in [-0.3, -0.25) is 0 Å². The molecule has 0 amide bonds. The Bertz CT molecular complexity index is 309. The van der Waals surface area contributed by atoms with E-state index >= 15 is 0 Å². The summed E-state index contributed by atoms with van der Waals surface area (Å²) in [6.45, 7) is 3.84. The second-order valence-corrected chi connectivity index (χ2v) is 4.86. The van der Waals surface area contributed by atoms with E-state index in [4.69, 9.17) is 4.74 Å². The van der Waals surface area contributed by atoms with E-state index in [9.17, 15) is 0 Å². The average Bonchev–Trinajstić information content (AvgIpc) is 2.80. The van der Waals surface area contributed by atoms with Crippen molar-refractivity contribution >= 4 is 15.9 Å². The second-order valence-electron chi connectivity index (χ2n) is 3.95. The van der Waals surface area contributed by atoms with E-state index in [-0.39, 0.29) is 0 Å². The zero-order valence-electron chi connectivity index (χ0n) is 9.21. The highest BCUT2D eigenvalue weighted by Gasteiger charge is 2.12. The summed E-state index contributed by atoms with van der Waals surface area (Å²) in [6, 6.07) is 8.55. The molecule has 1 fully saturated rings. The van der Waals surface area contributed by atoms with Crippen molar-refractivity contribution in [2.45, 2.75) is 12.5 Å². The van der Waals surface area contributed by atoms with Crippen molar-refractivity contribution in [3.05, 3.63) is 28.7 Å². The Balaban J connectivity index is 1.62. The van der Waals surface area contributed by atoms with E-state index in [0.29, 0.717) is 6.04 Å². The monoisotopic (exact) mass is 284 g/mol. The van der Waals surface area contributed by atoms with Crippen LogP contribution in [-0.4, -0.2) is 32.3 Å². The summed E-state index contributed by atoms with van der Waals surface area (Å²) in [7, 11) is 0. The molecule has 3 nitrogen and oxygen atoms in total. The highest BCUT2D eigenvalue weighted by atomic mass is 79.9. The first-order valence-electron chi connectivity index (χ1n) is 5.67. The smallest absolute Gasteiger partial charge is 0.119 e. The molecule has 2 rings (SSSR count). The molecule has 0 saturated carbocycles. The van der Waals surface area contributed by atoms with Gasteiger partial charge < -0.3 is 15.4 Å². The number of hydrogen-bond acceptors (Lipinski definition) is 3. The van der Waals surface area contributed by atoms with E-state index in [2.05, 4.69) is 26.6 Å². The Kier molecular flexibility index (Phi) is 4.63. The molecule has 0 aromatic heterocycles. The molecule has 1 saturated heterocycles. The molecule has 16 heavy (non-hydrogen) atoms. The maximum atomic E-state index is 5.62. The topological polar surface area (TPSA) is 33.3 Å². The molecular formula is C12H17BrN2O. The highest BCUT2D eigenvalue weighted by Crippen LogP contribution is 2.15. The fraction of sp³-hybridized carbons (Fsp3) is 0.500. The standard InChI is InChI=1S/C12H17BrN2O/c13-10-1-3-12(4-2-10)16-8-7-15-11-5-6-14-9-11/h1-4,11,14-15H,5-9H2. The van der Waals surface area contributed by atoms with E-state index in [1.807, 2.05) is 24.3 Å². The largest absolute Gasteiger partial charge is 0.492 e. The minimum absolute atomic E-state index is 0.619. The van der Waals surface area contributed by atoms with Crippen LogP contribution in [0.15, 0.2) is 28.7 Å². The highest BCUT2D eigenvalue weighted by molar-refractivity contribution is 9.10. The SMILES string of the molecule is Brc1ccc(OCCNC2CCNC2)cc1. The van der Waals surface area contributed by atoms with Crippen molar-refractivity contribution in [2.24, 2.45) is 0 Å². The van der Waals surface area contributed by atoms with Crippen LogP contribution in [0.25, 0.3) is 0 Å². The molecule has 0 spiro atoms. The van der Waals surface area contributed by atoms with Gasteiger partial charge in [-0.05, 0) is 37.2 Å². The predicted octanol–water partition coefficient (Wildman–Crippen LogP) is 1.78. The molecule has 1 atom stereocenters. The fourth-order valence-corrected chi connectivity index (χ4v) is 2.06. The predicted molar refractivity (Wildman–Crippen MR) is 68.9 cm³/mol. The molecule has 0 aliphatic carbocycles. The van der Waals surface area contributed by atoms with Crippen molar-refractivity contribution in [2.75, 3.05) is 26.2 Å². The van der Waals surface area contributed by atoms with E-state index < -0.39 is 0 Å². The van der Waals surface area contributed by atoms with Crippen LogP contribution in [0.2, 0.25) is 0 Å². The van der Waals surface area contributed by atoms with Crippen LogP contribution in [-0.2, 0) is 0 Å². The van der Waals surface area contributed by atoms with Gasteiger partial charge in [-0.1, -0.05) is 15.9 Å². The number of nitrogens with one attached hydrogen (secondary N) is 2. The molecule has 88 valence electrons. The van der Waals surface area contributed by atoms with E-state index in [1.165, 1.54) is 6.42 Å². The van der Waals surface area contributed by atoms with Crippen LogP contribution in [0.5, 0.6) is 5.75 Å². The molecule has 1 unspecified atom stereocenters. The summed E-state index contributed by atoms with van der Waals surface area (Å²) in [5.74, 6) is 0.926. The summed E-state index contributed by atoms with van der Waals surface area (Å²) in [5, 5.41) is 6.80. The van der Waals surface area contributed by atoms with Crippen molar-refractivity contribution in [1.82, 2.24) is 10.6 Å². The maximum absolute atomic E-state index is 5.62. The molecular weight excluding hydrogens is 268 g/mol. The lowest BCUT2D eigenvalue weighted by Gasteiger charge is -2.11. The Labute approximate surface area is 105 Å². The van der Waals surface area contributed by atoms with Gasteiger partial charge in [0.1, 0.15) is 12.4 Å². The maximum Gasteiger partial charge on any atom is 0.119 e. The Morgan fingerprint density at radius 1 is 1.38 bits per heavy atom. The molecule has 1 aromatic rings. The van der Waals surface area contributed by atoms with E-state index in [1.54, 1.807) is 0 Å². The van der Waals surface area contributed by atoms with Crippen molar-refractivity contribution < 1.29 is 4.74 Å². The Morgan fingerprint density at radius 3 is 2.88 bits per heavy atom. The van der Waals surface area contributed by atoms with Gasteiger partial charge in [0.25, 0.3) is 0 Å². The van der Waals surface area contributed by atoms with Gasteiger partial charge in [-0.15, -0.1) is 0 Å². The molecule has 1 aliphatic heterocycles. The van der Waals surface area contributed by atoms with Crippen LogP contribution in [0.1, 0.15) is 6.42 Å². The van der Waals surface area contributed by atoms with Gasteiger partial charge in [0.2, 0.25) is 0 Å². The first-order valence-corrected chi connectivity index (χ1v) is 6.46. The Morgan fingerprint density at radius 2 is 2.19 bits per heavy atom. The van der Waals surface area contributed by atoms with Crippen molar-refractivity contribution in [3.8, 4) is 5.75 Å². The first kappa shape index (κ1) is 11.9. The van der Waals surface area contributed by atoms with Gasteiger partial charge in [-0.25, -0.2) is 0 Å². The van der Waals surface area contributed by atoms with Gasteiger partial charge >= 0.3 is 0 Å². The zero-order chi connectivity index (χ0) is 11.2. The lowest BCUT2D eigenvalue weighted by molar-refractivity contribution is 0.307. The van der Waals surface area contributed by atoms with Crippen LogP contribution < -0.4 is 15.4 Å². The molecule has 1 aliphatic rings. The van der Waals surface area contributed by atoms with Crippen LogP contribution in [0, 0.1) is 0 Å². The molecule has 0 bridgehead atoms. The number of benzene rings is 1. The van der Waals surface area contributed by atoms with Crippen molar-refractivity contribution in [1.29, 1.82) is 0 Å². The zero-order valence-corrected chi connectivity index (χ0v) is 10.8.